The van der Waals surface area contributed by atoms with Crippen LogP contribution >= 0.6 is 27.5 Å². The summed E-state index contributed by atoms with van der Waals surface area (Å²) in [5, 5.41) is 8.26. The predicted molar refractivity (Wildman–Crippen MR) is 109 cm³/mol. The molecule has 0 aliphatic rings. The summed E-state index contributed by atoms with van der Waals surface area (Å²) in [7, 11) is 0. The van der Waals surface area contributed by atoms with Gasteiger partial charge in [-0.2, -0.15) is 0 Å². The molecule has 0 saturated carbocycles. The number of nitrogens with one attached hydrogen (secondary N) is 1. The van der Waals surface area contributed by atoms with Crippen molar-refractivity contribution in [3.05, 3.63) is 75.7 Å². The first-order valence-electron chi connectivity index (χ1n) is 8.28. The maximum Gasteiger partial charge on any atom is 0.280 e. The summed E-state index contributed by atoms with van der Waals surface area (Å²) in [5.74, 6) is -0.588. The fourth-order valence-electron chi connectivity index (χ4n) is 2.49. The van der Waals surface area contributed by atoms with Gasteiger partial charge in [0.05, 0.1) is 0 Å². The largest absolute Gasteiger partial charge is 0.354 e. The molecule has 0 saturated heterocycles. The number of hydrogen-bond acceptors (Lipinski definition) is 5. The lowest BCUT2D eigenvalue weighted by Gasteiger charge is -2.21. The van der Waals surface area contributed by atoms with Crippen molar-refractivity contribution in [3.8, 4) is 0 Å². The number of halogens is 1. The summed E-state index contributed by atoms with van der Waals surface area (Å²) < 4.78 is 4.62. The Morgan fingerprint density at radius 1 is 1.07 bits per heavy atom. The highest BCUT2D eigenvalue weighted by atomic mass is 79.9. The first-order valence-corrected chi connectivity index (χ1v) is 9.91. The number of amides is 2. The van der Waals surface area contributed by atoms with E-state index < -0.39 is 0 Å². The average molecular weight is 445 g/mol. The van der Waals surface area contributed by atoms with Crippen molar-refractivity contribution in [3.63, 3.8) is 0 Å². The molecule has 2 aromatic carbocycles. The molecule has 0 bridgehead atoms. The topological polar surface area (TPSA) is 75.2 Å². The van der Waals surface area contributed by atoms with Crippen LogP contribution in [-0.4, -0.2) is 34.5 Å². The minimum Gasteiger partial charge on any atom is -0.354 e. The Labute approximate surface area is 169 Å². The Balaban J connectivity index is 1.66. The molecule has 1 heterocycles. The van der Waals surface area contributed by atoms with Gasteiger partial charge in [0, 0.05) is 22.1 Å². The average Bonchev–Trinajstić information content (AvgIpc) is 3.22. The molecule has 0 aliphatic heterocycles. The second kappa shape index (κ2) is 9.38. The van der Waals surface area contributed by atoms with E-state index in [0.717, 1.165) is 28.0 Å². The summed E-state index contributed by atoms with van der Waals surface area (Å²) in [6.07, 6.45) is 0.731. The minimum absolute atomic E-state index is 0.0905. The molecular weight excluding hydrogens is 428 g/mol. The van der Waals surface area contributed by atoms with Crippen LogP contribution in [-0.2, 0) is 11.2 Å². The number of benzene rings is 2. The number of rotatable bonds is 7. The zero-order chi connectivity index (χ0) is 19.1. The lowest BCUT2D eigenvalue weighted by molar-refractivity contribution is -0.119. The van der Waals surface area contributed by atoms with Gasteiger partial charge in [-0.1, -0.05) is 50.8 Å². The van der Waals surface area contributed by atoms with E-state index in [2.05, 4.69) is 30.8 Å². The van der Waals surface area contributed by atoms with E-state index in [9.17, 15) is 9.59 Å². The molecule has 8 heteroatoms. The van der Waals surface area contributed by atoms with Crippen molar-refractivity contribution in [2.75, 3.05) is 18.0 Å². The molecule has 6 nitrogen and oxygen atoms in total. The number of hydrogen-bond donors (Lipinski definition) is 1. The van der Waals surface area contributed by atoms with Crippen LogP contribution in [0.3, 0.4) is 0 Å². The summed E-state index contributed by atoms with van der Waals surface area (Å²) in [6, 6.07) is 17.1. The quantitative estimate of drug-likeness (QED) is 0.606. The maximum atomic E-state index is 12.8. The summed E-state index contributed by atoms with van der Waals surface area (Å²) >= 11 is 4.47. The molecule has 3 aromatic rings. The molecule has 27 heavy (non-hydrogen) atoms. The Bertz CT molecular complexity index is 886. The highest BCUT2D eigenvalue weighted by Gasteiger charge is 2.22. The normalized spacial score (nSPS) is 10.4. The van der Waals surface area contributed by atoms with Gasteiger partial charge in [0.25, 0.3) is 5.91 Å². The SMILES string of the molecule is O=C(CN(C(=O)c1csnn1)c1ccc(Br)cc1)NCCc1ccccc1. The van der Waals surface area contributed by atoms with Crippen molar-refractivity contribution >= 4 is 45.0 Å². The van der Waals surface area contributed by atoms with E-state index in [1.165, 1.54) is 4.90 Å². The first kappa shape index (κ1) is 19.2. The van der Waals surface area contributed by atoms with Crippen LogP contribution in [0, 0.1) is 0 Å². The van der Waals surface area contributed by atoms with E-state index in [4.69, 9.17) is 0 Å². The Hall–Kier alpha value is -2.58. The van der Waals surface area contributed by atoms with Gasteiger partial charge in [0.2, 0.25) is 5.91 Å². The van der Waals surface area contributed by atoms with Gasteiger partial charge >= 0.3 is 0 Å². The molecule has 0 fully saturated rings. The van der Waals surface area contributed by atoms with Crippen molar-refractivity contribution in [1.82, 2.24) is 14.9 Å². The number of anilines is 1. The summed E-state index contributed by atoms with van der Waals surface area (Å²) in [5.41, 5.74) is 1.99. The van der Waals surface area contributed by atoms with E-state index in [0.29, 0.717) is 12.2 Å². The van der Waals surface area contributed by atoms with Crippen LogP contribution < -0.4 is 10.2 Å². The van der Waals surface area contributed by atoms with Gasteiger partial charge in [0.1, 0.15) is 6.54 Å². The molecule has 3 rings (SSSR count). The van der Waals surface area contributed by atoms with Crippen LogP contribution in [0.4, 0.5) is 5.69 Å². The third-order valence-electron chi connectivity index (χ3n) is 3.84. The second-order valence-electron chi connectivity index (χ2n) is 5.74. The third kappa shape index (κ3) is 5.45. The fraction of sp³-hybridized carbons (Fsp3) is 0.158. The van der Waals surface area contributed by atoms with Crippen LogP contribution in [0.25, 0.3) is 0 Å². The molecule has 138 valence electrons. The van der Waals surface area contributed by atoms with Crippen molar-refractivity contribution in [2.45, 2.75) is 6.42 Å². The standard InChI is InChI=1S/C19H17BrN4O2S/c20-15-6-8-16(9-7-15)24(19(26)17-13-27-23-22-17)12-18(25)21-11-10-14-4-2-1-3-5-14/h1-9,13H,10-12H2,(H,21,25). The van der Waals surface area contributed by atoms with Crippen LogP contribution in [0.15, 0.2) is 64.5 Å². The molecule has 0 atom stereocenters. The molecule has 0 aliphatic carbocycles. The van der Waals surface area contributed by atoms with E-state index in [-0.39, 0.29) is 24.1 Å². The maximum absolute atomic E-state index is 12.8. The van der Waals surface area contributed by atoms with Crippen molar-refractivity contribution in [2.24, 2.45) is 0 Å². The van der Waals surface area contributed by atoms with Gasteiger partial charge < -0.3 is 5.32 Å². The van der Waals surface area contributed by atoms with Gasteiger partial charge in [-0.15, -0.1) is 5.10 Å². The summed E-state index contributed by atoms with van der Waals surface area (Å²) in [4.78, 5) is 26.6. The number of nitrogens with zero attached hydrogens (tertiary/aromatic N) is 3. The molecule has 0 unspecified atom stereocenters. The number of carbonyl (C=O) groups is 2. The van der Waals surface area contributed by atoms with Gasteiger partial charge in [-0.3, -0.25) is 14.5 Å². The van der Waals surface area contributed by atoms with E-state index in [1.807, 2.05) is 42.5 Å². The van der Waals surface area contributed by atoms with E-state index in [1.54, 1.807) is 17.5 Å². The fourth-order valence-corrected chi connectivity index (χ4v) is 3.18. The molecule has 1 aromatic heterocycles. The molecule has 0 radical (unpaired) electrons. The Kier molecular flexibility index (Phi) is 6.67. The zero-order valence-electron chi connectivity index (χ0n) is 14.3. The third-order valence-corrected chi connectivity index (χ3v) is 4.88. The molecular formula is C19H17BrN4O2S. The summed E-state index contributed by atoms with van der Waals surface area (Å²) in [6.45, 7) is 0.413. The molecule has 1 N–H and O–H groups in total. The van der Waals surface area contributed by atoms with Crippen molar-refractivity contribution in [1.29, 1.82) is 0 Å². The lowest BCUT2D eigenvalue weighted by Crippen LogP contribution is -2.41. The minimum atomic E-state index is -0.357. The zero-order valence-corrected chi connectivity index (χ0v) is 16.7. The number of aromatic nitrogens is 2. The monoisotopic (exact) mass is 444 g/mol. The highest BCUT2D eigenvalue weighted by Crippen LogP contribution is 2.20. The van der Waals surface area contributed by atoms with E-state index >= 15 is 0 Å². The Morgan fingerprint density at radius 2 is 1.81 bits per heavy atom. The van der Waals surface area contributed by atoms with Crippen LogP contribution in [0.1, 0.15) is 16.1 Å². The smallest absolute Gasteiger partial charge is 0.280 e. The molecule has 2 amide bonds. The van der Waals surface area contributed by atoms with Crippen LogP contribution in [0.2, 0.25) is 0 Å². The lowest BCUT2D eigenvalue weighted by atomic mass is 10.1. The van der Waals surface area contributed by atoms with Crippen molar-refractivity contribution < 1.29 is 9.59 Å². The predicted octanol–water partition coefficient (Wildman–Crippen LogP) is 3.31. The number of carbonyl (C=O) groups excluding carboxylic acids is 2. The van der Waals surface area contributed by atoms with Crippen LogP contribution in [0.5, 0.6) is 0 Å². The Morgan fingerprint density at radius 3 is 2.48 bits per heavy atom. The second-order valence-corrected chi connectivity index (χ2v) is 7.27. The van der Waals surface area contributed by atoms with Gasteiger partial charge in [-0.25, -0.2) is 0 Å². The van der Waals surface area contributed by atoms with Gasteiger partial charge in [0.15, 0.2) is 5.69 Å². The first-order chi connectivity index (χ1) is 13.1. The molecule has 0 spiro atoms. The highest BCUT2D eigenvalue weighted by molar-refractivity contribution is 9.10. The van der Waals surface area contributed by atoms with Gasteiger partial charge in [-0.05, 0) is 47.8 Å².